The molecule has 0 aliphatic rings. The fraction of sp³-hybridized carbons (Fsp3) is 0.357. The van der Waals surface area contributed by atoms with Crippen LogP contribution in [0.5, 0.6) is 0 Å². The minimum Gasteiger partial charge on any atom is -0.370 e. The SMILES string of the molecule is CCCNc1cc(C(=O)Nc2ncc(C)s2)cc(C)n1. The lowest BCUT2D eigenvalue weighted by Gasteiger charge is -2.08. The summed E-state index contributed by atoms with van der Waals surface area (Å²) in [5, 5.41) is 6.61. The summed E-state index contributed by atoms with van der Waals surface area (Å²) in [6.45, 7) is 6.75. The summed E-state index contributed by atoms with van der Waals surface area (Å²) in [5.74, 6) is 0.566. The molecule has 0 aromatic carbocycles. The number of aryl methyl sites for hydroxylation is 2. The molecule has 0 fully saturated rings. The number of nitrogens with one attached hydrogen (secondary N) is 2. The molecule has 0 bridgehead atoms. The van der Waals surface area contributed by atoms with Gasteiger partial charge >= 0.3 is 0 Å². The maximum Gasteiger partial charge on any atom is 0.257 e. The van der Waals surface area contributed by atoms with E-state index in [1.54, 1.807) is 18.3 Å². The van der Waals surface area contributed by atoms with Gasteiger partial charge in [-0.15, -0.1) is 11.3 Å². The lowest BCUT2D eigenvalue weighted by Crippen LogP contribution is -2.13. The number of thiazole rings is 1. The number of carbonyl (C=O) groups excluding carboxylic acids is 1. The van der Waals surface area contributed by atoms with Crippen molar-refractivity contribution >= 4 is 28.2 Å². The summed E-state index contributed by atoms with van der Waals surface area (Å²) in [6, 6.07) is 3.53. The molecule has 0 radical (unpaired) electrons. The van der Waals surface area contributed by atoms with Gasteiger partial charge in [-0.25, -0.2) is 9.97 Å². The Hall–Kier alpha value is -1.95. The van der Waals surface area contributed by atoms with Crippen LogP contribution in [0.1, 0.15) is 34.3 Å². The van der Waals surface area contributed by atoms with Crippen molar-refractivity contribution in [3.8, 4) is 0 Å². The van der Waals surface area contributed by atoms with Crippen LogP contribution in [0.15, 0.2) is 18.3 Å². The molecule has 0 unspecified atom stereocenters. The van der Waals surface area contributed by atoms with Crippen LogP contribution in [-0.4, -0.2) is 22.4 Å². The van der Waals surface area contributed by atoms with E-state index in [0.717, 1.165) is 29.4 Å². The van der Waals surface area contributed by atoms with E-state index in [1.165, 1.54) is 11.3 Å². The Balaban J connectivity index is 2.14. The van der Waals surface area contributed by atoms with Gasteiger partial charge in [-0.3, -0.25) is 10.1 Å². The fourth-order valence-corrected chi connectivity index (χ4v) is 2.38. The van der Waals surface area contributed by atoms with E-state index in [-0.39, 0.29) is 5.91 Å². The molecule has 106 valence electrons. The Morgan fingerprint density at radius 1 is 1.35 bits per heavy atom. The van der Waals surface area contributed by atoms with Gasteiger partial charge in [0.2, 0.25) is 0 Å². The summed E-state index contributed by atoms with van der Waals surface area (Å²) in [4.78, 5) is 21.8. The summed E-state index contributed by atoms with van der Waals surface area (Å²) >= 11 is 1.46. The Kier molecular flexibility index (Phi) is 4.68. The Morgan fingerprint density at radius 2 is 2.15 bits per heavy atom. The number of carbonyl (C=O) groups is 1. The standard InChI is InChI=1S/C14H18N4OS/c1-4-5-15-12-7-11(6-9(2)17-12)13(19)18-14-16-8-10(3)20-14/h6-8H,4-5H2,1-3H3,(H,15,17)(H,16,18,19). The van der Waals surface area contributed by atoms with Crippen LogP contribution >= 0.6 is 11.3 Å². The molecular weight excluding hydrogens is 272 g/mol. The monoisotopic (exact) mass is 290 g/mol. The van der Waals surface area contributed by atoms with Gasteiger partial charge in [0, 0.05) is 28.9 Å². The number of hydrogen-bond acceptors (Lipinski definition) is 5. The molecule has 2 aromatic heterocycles. The van der Waals surface area contributed by atoms with Crippen LogP contribution in [-0.2, 0) is 0 Å². The van der Waals surface area contributed by atoms with E-state index < -0.39 is 0 Å². The first-order chi connectivity index (χ1) is 9.58. The molecule has 2 rings (SSSR count). The first-order valence-corrected chi connectivity index (χ1v) is 7.36. The van der Waals surface area contributed by atoms with Crippen LogP contribution in [0.25, 0.3) is 0 Å². The molecule has 2 aromatic rings. The van der Waals surface area contributed by atoms with Gasteiger partial charge in [0.15, 0.2) is 5.13 Å². The van der Waals surface area contributed by atoms with Gasteiger partial charge in [0.1, 0.15) is 5.82 Å². The highest BCUT2D eigenvalue weighted by Crippen LogP contribution is 2.18. The largest absolute Gasteiger partial charge is 0.370 e. The van der Waals surface area contributed by atoms with Crippen molar-refractivity contribution in [3.05, 3.63) is 34.5 Å². The van der Waals surface area contributed by atoms with Gasteiger partial charge in [0.25, 0.3) is 5.91 Å². The molecule has 2 heterocycles. The first kappa shape index (κ1) is 14.5. The van der Waals surface area contributed by atoms with E-state index in [2.05, 4.69) is 27.5 Å². The lowest BCUT2D eigenvalue weighted by molar-refractivity contribution is 0.102. The molecule has 5 nitrogen and oxygen atoms in total. The lowest BCUT2D eigenvalue weighted by atomic mass is 10.2. The maximum atomic E-state index is 12.2. The highest BCUT2D eigenvalue weighted by molar-refractivity contribution is 7.15. The van der Waals surface area contributed by atoms with E-state index >= 15 is 0 Å². The molecule has 0 aliphatic heterocycles. The molecule has 0 aliphatic carbocycles. The smallest absolute Gasteiger partial charge is 0.257 e. The molecule has 0 saturated carbocycles. The van der Waals surface area contributed by atoms with Crippen molar-refractivity contribution in [2.24, 2.45) is 0 Å². The van der Waals surface area contributed by atoms with Crippen LogP contribution in [0, 0.1) is 13.8 Å². The van der Waals surface area contributed by atoms with Crippen molar-refractivity contribution in [1.29, 1.82) is 0 Å². The topological polar surface area (TPSA) is 66.9 Å². The molecule has 20 heavy (non-hydrogen) atoms. The van der Waals surface area contributed by atoms with Gasteiger partial charge in [0.05, 0.1) is 0 Å². The minimum absolute atomic E-state index is 0.163. The molecule has 0 spiro atoms. The van der Waals surface area contributed by atoms with Crippen molar-refractivity contribution in [2.75, 3.05) is 17.2 Å². The maximum absolute atomic E-state index is 12.2. The summed E-state index contributed by atoms with van der Waals surface area (Å²) < 4.78 is 0. The quantitative estimate of drug-likeness (QED) is 0.887. The number of anilines is 2. The van der Waals surface area contributed by atoms with Crippen molar-refractivity contribution in [1.82, 2.24) is 9.97 Å². The molecule has 2 N–H and O–H groups in total. The zero-order chi connectivity index (χ0) is 14.5. The predicted octanol–water partition coefficient (Wildman–Crippen LogP) is 3.23. The second-order valence-corrected chi connectivity index (χ2v) is 5.77. The fourth-order valence-electron chi connectivity index (χ4n) is 1.73. The van der Waals surface area contributed by atoms with Crippen LogP contribution < -0.4 is 10.6 Å². The van der Waals surface area contributed by atoms with Gasteiger partial charge < -0.3 is 5.32 Å². The molecule has 0 atom stereocenters. The second kappa shape index (κ2) is 6.47. The van der Waals surface area contributed by atoms with E-state index in [1.807, 2.05) is 13.8 Å². The Morgan fingerprint density at radius 3 is 2.80 bits per heavy atom. The molecule has 0 saturated heterocycles. The highest BCUT2D eigenvalue weighted by Gasteiger charge is 2.10. The third-order valence-electron chi connectivity index (χ3n) is 2.61. The number of nitrogens with zero attached hydrogens (tertiary/aromatic N) is 2. The second-order valence-electron chi connectivity index (χ2n) is 4.54. The zero-order valence-corrected chi connectivity index (χ0v) is 12.7. The minimum atomic E-state index is -0.163. The molecule has 6 heteroatoms. The normalized spacial score (nSPS) is 10.3. The summed E-state index contributed by atoms with van der Waals surface area (Å²) in [7, 11) is 0. The van der Waals surface area contributed by atoms with Crippen LogP contribution in [0.2, 0.25) is 0 Å². The average molecular weight is 290 g/mol. The third-order valence-corrected chi connectivity index (χ3v) is 3.44. The average Bonchev–Trinajstić information content (AvgIpc) is 2.81. The number of rotatable bonds is 5. The Bertz CT molecular complexity index is 609. The Labute approximate surface area is 122 Å². The summed E-state index contributed by atoms with van der Waals surface area (Å²) in [6.07, 6.45) is 2.75. The van der Waals surface area contributed by atoms with Gasteiger partial charge in [-0.1, -0.05) is 6.92 Å². The van der Waals surface area contributed by atoms with E-state index in [9.17, 15) is 4.79 Å². The van der Waals surface area contributed by atoms with Crippen LogP contribution in [0.4, 0.5) is 10.9 Å². The number of hydrogen-bond donors (Lipinski definition) is 2. The molecule has 1 amide bonds. The molecular formula is C14H18N4OS. The number of pyridine rings is 1. The van der Waals surface area contributed by atoms with Gasteiger partial charge in [-0.05, 0) is 32.4 Å². The van der Waals surface area contributed by atoms with Crippen molar-refractivity contribution in [2.45, 2.75) is 27.2 Å². The zero-order valence-electron chi connectivity index (χ0n) is 11.9. The first-order valence-electron chi connectivity index (χ1n) is 6.55. The van der Waals surface area contributed by atoms with Crippen LogP contribution in [0.3, 0.4) is 0 Å². The summed E-state index contributed by atoms with van der Waals surface area (Å²) in [5.41, 5.74) is 1.40. The van der Waals surface area contributed by atoms with Crippen molar-refractivity contribution in [3.63, 3.8) is 0 Å². The predicted molar refractivity (Wildman–Crippen MR) is 82.6 cm³/mol. The number of amides is 1. The van der Waals surface area contributed by atoms with E-state index in [4.69, 9.17) is 0 Å². The highest BCUT2D eigenvalue weighted by atomic mass is 32.1. The number of aromatic nitrogens is 2. The van der Waals surface area contributed by atoms with Crippen molar-refractivity contribution < 1.29 is 4.79 Å². The van der Waals surface area contributed by atoms with E-state index in [0.29, 0.717) is 10.7 Å². The van der Waals surface area contributed by atoms with Gasteiger partial charge in [-0.2, -0.15) is 0 Å². The third kappa shape index (κ3) is 3.77.